The number of halogens is 2. The van der Waals surface area contributed by atoms with Gasteiger partial charge in [0.1, 0.15) is 5.75 Å². The summed E-state index contributed by atoms with van der Waals surface area (Å²) in [5, 5.41) is 12.6. The first-order chi connectivity index (χ1) is 10.0. The van der Waals surface area contributed by atoms with Crippen LogP contribution in [0.2, 0.25) is 0 Å². The van der Waals surface area contributed by atoms with Crippen molar-refractivity contribution in [1.29, 1.82) is 0 Å². The predicted octanol–water partition coefficient (Wildman–Crippen LogP) is 2.63. The number of carbonyl (C=O) groups excluding carboxylic acids is 1. The predicted molar refractivity (Wildman–Crippen MR) is 73.0 cm³/mol. The van der Waals surface area contributed by atoms with E-state index in [2.05, 4.69) is 10.1 Å². The molecule has 0 aliphatic heterocycles. The molecule has 1 saturated carbocycles. The van der Waals surface area contributed by atoms with Crippen molar-refractivity contribution in [3.05, 3.63) is 29.8 Å². The Bertz CT molecular complexity index is 478. The molecule has 1 aliphatic rings. The average Bonchev–Trinajstić information content (AvgIpc) is 3.26. The van der Waals surface area contributed by atoms with Crippen molar-refractivity contribution in [3.8, 4) is 5.75 Å². The average molecular weight is 299 g/mol. The van der Waals surface area contributed by atoms with Gasteiger partial charge in [0.05, 0.1) is 6.10 Å². The zero-order valence-electron chi connectivity index (χ0n) is 11.6. The van der Waals surface area contributed by atoms with Crippen LogP contribution in [0.25, 0.3) is 0 Å². The van der Waals surface area contributed by atoms with E-state index in [-0.39, 0.29) is 18.2 Å². The lowest BCUT2D eigenvalue weighted by atomic mass is 10.1. The van der Waals surface area contributed by atoms with Gasteiger partial charge in [-0.1, -0.05) is 25.0 Å². The van der Waals surface area contributed by atoms with Crippen molar-refractivity contribution in [3.63, 3.8) is 0 Å². The Hall–Kier alpha value is -1.69. The number of hydrogen-bond acceptors (Lipinski definition) is 3. The highest BCUT2D eigenvalue weighted by atomic mass is 19.3. The van der Waals surface area contributed by atoms with Crippen LogP contribution in [0.1, 0.15) is 37.4 Å². The van der Waals surface area contributed by atoms with Crippen LogP contribution in [0.15, 0.2) is 24.3 Å². The highest BCUT2D eigenvalue weighted by molar-refractivity contribution is 5.75. The van der Waals surface area contributed by atoms with Gasteiger partial charge in [0.25, 0.3) is 0 Å². The minimum Gasteiger partial charge on any atom is -0.435 e. The monoisotopic (exact) mass is 299 g/mol. The van der Waals surface area contributed by atoms with Crippen LogP contribution in [0.3, 0.4) is 0 Å². The van der Waals surface area contributed by atoms with Crippen LogP contribution < -0.4 is 10.1 Å². The summed E-state index contributed by atoms with van der Waals surface area (Å²) in [4.78, 5) is 11.6. The number of nitrogens with one attached hydrogen (secondary N) is 1. The van der Waals surface area contributed by atoms with Gasteiger partial charge >= 0.3 is 6.61 Å². The standard InChI is InChI=1S/C15H19F2NO3/c16-15(17)21-12-3-1-2-11(8-12)13(19)9-18-14(20)7-6-10-4-5-10/h1-3,8,10,13,15,19H,4-7,9H2,(H,18,20). The van der Waals surface area contributed by atoms with Crippen molar-refractivity contribution < 1.29 is 23.4 Å². The summed E-state index contributed by atoms with van der Waals surface area (Å²) < 4.78 is 28.5. The first-order valence-corrected chi connectivity index (χ1v) is 7.04. The molecular formula is C15H19F2NO3. The molecule has 21 heavy (non-hydrogen) atoms. The fourth-order valence-corrected chi connectivity index (χ4v) is 2.06. The molecule has 2 rings (SSSR count). The van der Waals surface area contributed by atoms with E-state index in [4.69, 9.17) is 0 Å². The van der Waals surface area contributed by atoms with Crippen molar-refractivity contribution in [2.24, 2.45) is 5.92 Å². The lowest BCUT2D eigenvalue weighted by Gasteiger charge is -2.13. The summed E-state index contributed by atoms with van der Waals surface area (Å²) in [5.74, 6) is 0.575. The number of carbonyl (C=O) groups is 1. The summed E-state index contributed by atoms with van der Waals surface area (Å²) in [5.41, 5.74) is 0.427. The quantitative estimate of drug-likeness (QED) is 0.776. The highest BCUT2D eigenvalue weighted by Gasteiger charge is 2.22. The minimum atomic E-state index is -2.90. The van der Waals surface area contributed by atoms with Crippen LogP contribution in [-0.4, -0.2) is 24.2 Å². The molecule has 1 unspecified atom stereocenters. The largest absolute Gasteiger partial charge is 0.435 e. The molecule has 1 amide bonds. The van der Waals surface area contributed by atoms with Gasteiger partial charge in [-0.05, 0) is 30.0 Å². The third kappa shape index (κ3) is 5.67. The summed E-state index contributed by atoms with van der Waals surface area (Å²) in [6.45, 7) is -2.85. The van der Waals surface area contributed by atoms with Crippen LogP contribution >= 0.6 is 0 Å². The number of alkyl halides is 2. The van der Waals surface area contributed by atoms with Gasteiger partial charge in [0, 0.05) is 13.0 Å². The number of aliphatic hydroxyl groups excluding tert-OH is 1. The Morgan fingerprint density at radius 2 is 2.19 bits per heavy atom. The molecule has 1 fully saturated rings. The molecule has 116 valence electrons. The third-order valence-electron chi connectivity index (χ3n) is 3.44. The second kappa shape index (κ2) is 7.36. The van der Waals surface area contributed by atoms with Crippen molar-refractivity contribution in [2.75, 3.05) is 6.54 Å². The number of ether oxygens (including phenoxy) is 1. The molecule has 0 radical (unpaired) electrons. The molecule has 0 saturated heterocycles. The zero-order chi connectivity index (χ0) is 15.2. The van der Waals surface area contributed by atoms with Gasteiger partial charge < -0.3 is 15.2 Å². The molecule has 2 N–H and O–H groups in total. The van der Waals surface area contributed by atoms with E-state index < -0.39 is 12.7 Å². The number of hydrogen-bond donors (Lipinski definition) is 2. The molecule has 4 nitrogen and oxygen atoms in total. The third-order valence-corrected chi connectivity index (χ3v) is 3.44. The summed E-state index contributed by atoms with van der Waals surface area (Å²) in [6.07, 6.45) is 2.81. The fourth-order valence-electron chi connectivity index (χ4n) is 2.06. The molecule has 0 heterocycles. The van der Waals surface area contributed by atoms with Gasteiger partial charge in [0.15, 0.2) is 0 Å². The SMILES string of the molecule is O=C(CCC1CC1)NCC(O)c1cccc(OC(F)F)c1. The van der Waals surface area contributed by atoms with Crippen molar-refractivity contribution in [1.82, 2.24) is 5.32 Å². The summed E-state index contributed by atoms with van der Waals surface area (Å²) >= 11 is 0. The molecular weight excluding hydrogens is 280 g/mol. The van der Waals surface area contributed by atoms with Gasteiger partial charge in [-0.2, -0.15) is 8.78 Å². The summed E-state index contributed by atoms with van der Waals surface area (Å²) in [7, 11) is 0. The first kappa shape index (κ1) is 15.7. The number of aliphatic hydroxyl groups is 1. The van der Waals surface area contributed by atoms with Crippen LogP contribution in [0.4, 0.5) is 8.78 Å². The number of amides is 1. The summed E-state index contributed by atoms with van der Waals surface area (Å²) in [6, 6.07) is 5.84. The van der Waals surface area contributed by atoms with Crippen molar-refractivity contribution in [2.45, 2.75) is 38.4 Å². The second-order valence-electron chi connectivity index (χ2n) is 5.25. The Morgan fingerprint density at radius 3 is 2.86 bits per heavy atom. The lowest BCUT2D eigenvalue weighted by Crippen LogP contribution is -2.28. The van der Waals surface area contributed by atoms with E-state index in [9.17, 15) is 18.7 Å². The number of benzene rings is 1. The van der Waals surface area contributed by atoms with E-state index in [0.717, 1.165) is 6.42 Å². The molecule has 1 aromatic rings. The lowest BCUT2D eigenvalue weighted by molar-refractivity contribution is -0.121. The maximum absolute atomic E-state index is 12.1. The fraction of sp³-hybridized carbons (Fsp3) is 0.533. The maximum atomic E-state index is 12.1. The van der Waals surface area contributed by atoms with E-state index in [1.807, 2.05) is 0 Å². The minimum absolute atomic E-state index is 0.0124. The van der Waals surface area contributed by atoms with Gasteiger partial charge in [-0.25, -0.2) is 0 Å². The van der Waals surface area contributed by atoms with Gasteiger partial charge in [-0.3, -0.25) is 4.79 Å². The topological polar surface area (TPSA) is 58.6 Å². The smallest absolute Gasteiger partial charge is 0.387 e. The molecule has 0 spiro atoms. The Balaban J connectivity index is 1.78. The Kier molecular flexibility index (Phi) is 5.50. The molecule has 6 heteroatoms. The Labute approximate surface area is 122 Å². The maximum Gasteiger partial charge on any atom is 0.387 e. The van der Waals surface area contributed by atoms with Crippen molar-refractivity contribution >= 4 is 5.91 Å². The normalized spacial score (nSPS) is 15.8. The Morgan fingerprint density at radius 1 is 1.43 bits per heavy atom. The van der Waals surface area contributed by atoms with Crippen LogP contribution in [0, 0.1) is 5.92 Å². The molecule has 0 aromatic heterocycles. The van der Waals surface area contributed by atoms with Gasteiger partial charge in [0.2, 0.25) is 5.91 Å². The van der Waals surface area contributed by atoms with Crippen LogP contribution in [-0.2, 0) is 4.79 Å². The second-order valence-corrected chi connectivity index (χ2v) is 5.25. The molecule has 0 bridgehead atoms. The van der Waals surface area contributed by atoms with E-state index in [0.29, 0.717) is 17.9 Å². The highest BCUT2D eigenvalue weighted by Crippen LogP contribution is 2.33. The van der Waals surface area contributed by atoms with Gasteiger partial charge in [-0.15, -0.1) is 0 Å². The number of rotatable bonds is 8. The first-order valence-electron chi connectivity index (χ1n) is 7.04. The van der Waals surface area contributed by atoms with E-state index in [1.165, 1.54) is 31.0 Å². The molecule has 1 atom stereocenters. The molecule has 1 aromatic carbocycles. The molecule has 1 aliphatic carbocycles. The van der Waals surface area contributed by atoms with E-state index in [1.54, 1.807) is 6.07 Å². The van der Waals surface area contributed by atoms with E-state index >= 15 is 0 Å². The van der Waals surface area contributed by atoms with Crippen LogP contribution in [0.5, 0.6) is 5.75 Å². The zero-order valence-corrected chi connectivity index (χ0v) is 11.6.